The molecule has 3 aromatic rings. The Kier molecular flexibility index (Phi) is 5.94. The molecule has 0 radical (unpaired) electrons. The van der Waals surface area contributed by atoms with E-state index in [1.165, 1.54) is 22.2 Å². The number of hydrogen-bond acceptors (Lipinski definition) is 5. The van der Waals surface area contributed by atoms with Gasteiger partial charge in [-0.1, -0.05) is 29.8 Å². The lowest BCUT2D eigenvalue weighted by atomic mass is 10.1. The third-order valence-electron chi connectivity index (χ3n) is 5.40. The van der Waals surface area contributed by atoms with Crippen LogP contribution < -0.4 is 10.9 Å². The second-order valence-electron chi connectivity index (χ2n) is 7.55. The van der Waals surface area contributed by atoms with E-state index in [2.05, 4.69) is 10.3 Å². The zero-order valence-corrected chi connectivity index (χ0v) is 17.7. The zero-order valence-electron chi connectivity index (χ0n) is 16.9. The van der Waals surface area contributed by atoms with Crippen molar-refractivity contribution in [1.82, 2.24) is 19.8 Å². The molecule has 0 bridgehead atoms. The van der Waals surface area contributed by atoms with Crippen molar-refractivity contribution >= 4 is 33.4 Å². The molecule has 2 amide bonds. The molecule has 8 heteroatoms. The molecule has 0 unspecified atom stereocenters. The minimum Gasteiger partial charge on any atom is -0.347 e. The highest BCUT2D eigenvalue weighted by Crippen LogP contribution is 2.30. The molecule has 0 saturated carbocycles. The summed E-state index contributed by atoms with van der Waals surface area (Å²) in [7, 11) is 0. The fourth-order valence-electron chi connectivity index (χ4n) is 3.64. The summed E-state index contributed by atoms with van der Waals surface area (Å²) in [4.78, 5) is 44.1. The van der Waals surface area contributed by atoms with Gasteiger partial charge in [0.05, 0.1) is 18.3 Å². The SMILES string of the molecule is Cc1ccc(-c2csc3ncn(CCC(=O)NCC(=O)N4CCCC4)c(=O)c23)cc1. The number of likely N-dealkylation sites (tertiary alicyclic amines) is 1. The van der Waals surface area contributed by atoms with Gasteiger partial charge in [0.2, 0.25) is 11.8 Å². The van der Waals surface area contributed by atoms with Crippen LogP contribution in [0.3, 0.4) is 0 Å². The summed E-state index contributed by atoms with van der Waals surface area (Å²) in [5.41, 5.74) is 2.84. The highest BCUT2D eigenvalue weighted by atomic mass is 32.1. The molecule has 0 atom stereocenters. The van der Waals surface area contributed by atoms with Gasteiger partial charge in [0, 0.05) is 37.0 Å². The van der Waals surface area contributed by atoms with Gasteiger partial charge >= 0.3 is 0 Å². The number of nitrogens with one attached hydrogen (secondary N) is 1. The van der Waals surface area contributed by atoms with E-state index in [4.69, 9.17) is 0 Å². The summed E-state index contributed by atoms with van der Waals surface area (Å²) >= 11 is 1.44. The molecule has 2 aromatic heterocycles. The summed E-state index contributed by atoms with van der Waals surface area (Å²) in [5.74, 6) is -0.305. The smallest absolute Gasteiger partial charge is 0.262 e. The summed E-state index contributed by atoms with van der Waals surface area (Å²) < 4.78 is 1.47. The lowest BCUT2D eigenvalue weighted by Crippen LogP contribution is -2.39. The Hall–Kier alpha value is -3.00. The van der Waals surface area contributed by atoms with Crippen molar-refractivity contribution in [2.75, 3.05) is 19.6 Å². The van der Waals surface area contributed by atoms with Crippen molar-refractivity contribution in [3.8, 4) is 11.1 Å². The molecule has 1 N–H and O–H groups in total. The maximum Gasteiger partial charge on any atom is 0.262 e. The molecule has 1 aliphatic heterocycles. The molecular formula is C22H24N4O3S. The molecule has 0 aliphatic carbocycles. The molecule has 7 nitrogen and oxygen atoms in total. The van der Waals surface area contributed by atoms with Crippen LogP contribution in [-0.4, -0.2) is 45.9 Å². The molecule has 156 valence electrons. The number of fused-ring (bicyclic) bond motifs is 1. The molecule has 3 heterocycles. The van der Waals surface area contributed by atoms with E-state index in [1.54, 1.807) is 4.90 Å². The number of hydrogen-bond donors (Lipinski definition) is 1. The average molecular weight is 425 g/mol. The Labute approximate surface area is 178 Å². The van der Waals surface area contributed by atoms with E-state index < -0.39 is 0 Å². The molecule has 0 spiro atoms. The fourth-order valence-corrected chi connectivity index (χ4v) is 4.54. The molecule has 1 fully saturated rings. The first-order valence-electron chi connectivity index (χ1n) is 10.1. The number of nitrogens with zero attached hydrogens (tertiary/aromatic N) is 3. The normalized spacial score (nSPS) is 13.7. The fraction of sp³-hybridized carbons (Fsp3) is 0.364. The highest BCUT2D eigenvalue weighted by Gasteiger charge is 2.18. The molecule has 1 saturated heterocycles. The van der Waals surface area contributed by atoms with Gasteiger partial charge in [0.15, 0.2) is 0 Å². The second-order valence-corrected chi connectivity index (χ2v) is 8.41. The number of amides is 2. The first kappa shape index (κ1) is 20.3. The maximum atomic E-state index is 13.0. The summed E-state index contributed by atoms with van der Waals surface area (Å²) in [6.07, 6.45) is 3.64. The van der Waals surface area contributed by atoms with Crippen LogP contribution in [0.5, 0.6) is 0 Å². The Bertz CT molecular complexity index is 1130. The Morgan fingerprint density at radius 1 is 1.17 bits per heavy atom. The van der Waals surface area contributed by atoms with Gasteiger partial charge in [-0.05, 0) is 25.3 Å². The number of benzene rings is 1. The van der Waals surface area contributed by atoms with E-state index in [-0.39, 0.29) is 36.9 Å². The number of aromatic nitrogens is 2. The third kappa shape index (κ3) is 4.28. The predicted molar refractivity (Wildman–Crippen MR) is 117 cm³/mol. The van der Waals surface area contributed by atoms with Crippen LogP contribution in [0, 0.1) is 6.92 Å². The number of carbonyl (C=O) groups excluding carboxylic acids is 2. The predicted octanol–water partition coefficient (Wildman–Crippen LogP) is 2.56. The maximum absolute atomic E-state index is 13.0. The van der Waals surface area contributed by atoms with Gasteiger partial charge in [0.1, 0.15) is 4.83 Å². The lowest BCUT2D eigenvalue weighted by molar-refractivity contribution is -0.132. The monoisotopic (exact) mass is 424 g/mol. The number of rotatable bonds is 6. The topological polar surface area (TPSA) is 84.3 Å². The van der Waals surface area contributed by atoms with E-state index in [0.717, 1.165) is 42.6 Å². The molecule has 30 heavy (non-hydrogen) atoms. The largest absolute Gasteiger partial charge is 0.347 e. The third-order valence-corrected chi connectivity index (χ3v) is 6.28. The van der Waals surface area contributed by atoms with Crippen LogP contribution in [-0.2, 0) is 16.1 Å². The van der Waals surface area contributed by atoms with E-state index in [0.29, 0.717) is 10.2 Å². The number of thiophene rings is 1. The van der Waals surface area contributed by atoms with Crippen molar-refractivity contribution in [2.45, 2.75) is 32.7 Å². The second kappa shape index (κ2) is 8.79. The van der Waals surface area contributed by atoms with Gasteiger partial charge in [-0.25, -0.2) is 4.98 Å². The van der Waals surface area contributed by atoms with Crippen molar-refractivity contribution in [1.29, 1.82) is 0 Å². The Morgan fingerprint density at radius 2 is 1.90 bits per heavy atom. The van der Waals surface area contributed by atoms with Crippen LogP contribution in [0.25, 0.3) is 21.3 Å². The standard InChI is InChI=1S/C22H24N4O3S/c1-15-4-6-16(7-5-15)17-13-30-21-20(17)22(29)26(14-24-21)11-8-18(27)23-12-19(28)25-9-2-3-10-25/h4-7,13-14H,2-3,8-12H2,1H3,(H,23,27). The van der Waals surface area contributed by atoms with Crippen LogP contribution >= 0.6 is 11.3 Å². The summed E-state index contributed by atoms with van der Waals surface area (Å²) in [6, 6.07) is 8.03. The molecular weight excluding hydrogens is 400 g/mol. The van der Waals surface area contributed by atoms with Crippen LogP contribution in [0.2, 0.25) is 0 Å². The Morgan fingerprint density at radius 3 is 2.63 bits per heavy atom. The van der Waals surface area contributed by atoms with Crippen LogP contribution in [0.1, 0.15) is 24.8 Å². The van der Waals surface area contributed by atoms with Crippen molar-refractivity contribution in [3.05, 3.63) is 51.9 Å². The van der Waals surface area contributed by atoms with E-state index in [9.17, 15) is 14.4 Å². The summed E-state index contributed by atoms with van der Waals surface area (Å²) in [6.45, 7) is 3.77. The van der Waals surface area contributed by atoms with Gasteiger partial charge in [-0.2, -0.15) is 0 Å². The van der Waals surface area contributed by atoms with Gasteiger partial charge < -0.3 is 10.2 Å². The quantitative estimate of drug-likeness (QED) is 0.659. The average Bonchev–Trinajstić information content (AvgIpc) is 3.42. The minimum absolute atomic E-state index is 0.00706. The van der Waals surface area contributed by atoms with Gasteiger partial charge in [-0.3, -0.25) is 19.0 Å². The van der Waals surface area contributed by atoms with Gasteiger partial charge in [0.25, 0.3) is 5.56 Å². The zero-order chi connectivity index (χ0) is 21.1. The van der Waals surface area contributed by atoms with E-state index in [1.807, 2.05) is 36.6 Å². The molecule has 1 aliphatic rings. The lowest BCUT2D eigenvalue weighted by Gasteiger charge is -2.15. The number of carbonyl (C=O) groups is 2. The van der Waals surface area contributed by atoms with E-state index >= 15 is 0 Å². The summed E-state index contributed by atoms with van der Waals surface area (Å²) in [5, 5.41) is 5.19. The highest BCUT2D eigenvalue weighted by molar-refractivity contribution is 7.17. The number of aryl methyl sites for hydroxylation is 2. The van der Waals surface area contributed by atoms with Crippen molar-refractivity contribution in [2.24, 2.45) is 0 Å². The van der Waals surface area contributed by atoms with Crippen molar-refractivity contribution in [3.63, 3.8) is 0 Å². The minimum atomic E-state index is -0.251. The molecule has 1 aromatic carbocycles. The van der Waals surface area contributed by atoms with Crippen LogP contribution in [0.4, 0.5) is 0 Å². The van der Waals surface area contributed by atoms with Crippen molar-refractivity contribution < 1.29 is 9.59 Å². The first-order valence-corrected chi connectivity index (χ1v) is 11.0. The molecule has 4 rings (SSSR count). The van der Waals surface area contributed by atoms with Gasteiger partial charge in [-0.15, -0.1) is 11.3 Å². The Balaban J connectivity index is 1.44. The first-order chi connectivity index (χ1) is 14.5. The van der Waals surface area contributed by atoms with Crippen LogP contribution in [0.15, 0.2) is 40.8 Å².